The molecule has 0 radical (unpaired) electrons. The molecular formula is C27H30O11. The number of carbonyl (C=O) groups is 4. The molecule has 5 heterocycles. The number of esters is 2. The molecule has 0 aromatic heterocycles. The van der Waals surface area contributed by atoms with Crippen molar-refractivity contribution in [3.8, 4) is 0 Å². The maximum atomic E-state index is 14.8. The summed E-state index contributed by atoms with van der Waals surface area (Å²) in [7, 11) is 0. The second-order valence-corrected chi connectivity index (χ2v) is 13.2. The number of aliphatic hydroxyl groups excluding tert-OH is 1. The first-order valence-corrected chi connectivity index (χ1v) is 13.4. The Balaban J connectivity index is 1.42. The van der Waals surface area contributed by atoms with Crippen molar-refractivity contribution >= 4 is 23.5 Å². The highest BCUT2D eigenvalue weighted by molar-refractivity contribution is 6.00. The average molecular weight is 531 g/mol. The van der Waals surface area contributed by atoms with E-state index in [1.165, 1.54) is 6.08 Å². The summed E-state index contributed by atoms with van der Waals surface area (Å²) in [6.45, 7) is 3.15. The predicted octanol–water partition coefficient (Wildman–Crippen LogP) is -0.667. The van der Waals surface area contributed by atoms with Gasteiger partial charge in [0.1, 0.15) is 6.10 Å². The summed E-state index contributed by atoms with van der Waals surface area (Å²) >= 11 is 0. The lowest BCUT2D eigenvalue weighted by atomic mass is 9.47. The van der Waals surface area contributed by atoms with E-state index in [2.05, 4.69) is 0 Å². The fourth-order valence-electron chi connectivity index (χ4n) is 10.2. The van der Waals surface area contributed by atoms with Crippen molar-refractivity contribution in [2.24, 2.45) is 34.5 Å². The van der Waals surface area contributed by atoms with Crippen LogP contribution in [-0.2, 0) is 38.1 Å². The molecule has 0 aromatic carbocycles. The minimum absolute atomic E-state index is 0.0131. The minimum Gasteiger partial charge on any atom is -0.458 e. The van der Waals surface area contributed by atoms with E-state index >= 15 is 0 Å². The molecule has 2 spiro atoms. The van der Waals surface area contributed by atoms with Gasteiger partial charge in [-0.3, -0.25) is 14.4 Å². The lowest BCUT2D eigenvalue weighted by molar-refractivity contribution is -0.370. The Labute approximate surface area is 217 Å². The van der Waals surface area contributed by atoms with Crippen LogP contribution in [0.4, 0.5) is 0 Å². The lowest BCUT2D eigenvalue weighted by Gasteiger charge is -2.62. The number of Topliss-reactive ketones (excluding diaryl/α,β-unsaturated/α-hetero) is 1. The Morgan fingerprint density at radius 3 is 2.58 bits per heavy atom. The van der Waals surface area contributed by atoms with Gasteiger partial charge in [-0.05, 0) is 50.0 Å². The fourth-order valence-corrected chi connectivity index (χ4v) is 10.2. The first-order valence-electron chi connectivity index (χ1n) is 13.4. The van der Waals surface area contributed by atoms with Gasteiger partial charge in [0.2, 0.25) is 5.79 Å². The van der Waals surface area contributed by atoms with Gasteiger partial charge < -0.3 is 34.3 Å². The molecule has 8 aliphatic rings. The molecule has 11 nitrogen and oxygen atoms in total. The zero-order valence-corrected chi connectivity index (χ0v) is 21.0. The number of carbonyl (C=O) groups excluding carboxylic acids is 4. The normalized spacial score (nSPS) is 61.3. The maximum absolute atomic E-state index is 14.8. The molecule has 3 N–H and O–H groups in total. The Kier molecular flexibility index (Phi) is 4.00. The Morgan fingerprint density at radius 1 is 1.05 bits per heavy atom. The fraction of sp³-hybridized carbons (Fsp3) is 0.778. The van der Waals surface area contributed by atoms with Crippen LogP contribution in [0.2, 0.25) is 0 Å². The van der Waals surface area contributed by atoms with Gasteiger partial charge in [-0.2, -0.15) is 0 Å². The Bertz CT molecular complexity index is 1280. The molecule has 0 amide bonds. The quantitative estimate of drug-likeness (QED) is 0.340. The maximum Gasteiger partial charge on any atom is 0.341 e. The summed E-state index contributed by atoms with van der Waals surface area (Å²) in [6.07, 6.45) is -0.585. The van der Waals surface area contributed by atoms with Crippen molar-refractivity contribution in [3.05, 3.63) is 12.2 Å². The van der Waals surface area contributed by atoms with Crippen LogP contribution in [0, 0.1) is 34.5 Å². The molecular weight excluding hydrogens is 500 g/mol. The first-order chi connectivity index (χ1) is 17.8. The van der Waals surface area contributed by atoms with Crippen LogP contribution in [0.3, 0.4) is 0 Å². The van der Waals surface area contributed by atoms with Crippen molar-refractivity contribution in [3.63, 3.8) is 0 Å². The van der Waals surface area contributed by atoms with E-state index in [0.717, 1.165) is 0 Å². The smallest absolute Gasteiger partial charge is 0.341 e. The average Bonchev–Trinajstić information content (AvgIpc) is 3.18. The van der Waals surface area contributed by atoms with E-state index in [4.69, 9.17) is 18.9 Å². The van der Waals surface area contributed by atoms with Crippen LogP contribution in [-0.4, -0.2) is 86.3 Å². The van der Waals surface area contributed by atoms with E-state index in [1.54, 1.807) is 19.9 Å². The van der Waals surface area contributed by atoms with Crippen molar-refractivity contribution in [2.75, 3.05) is 6.61 Å². The molecule has 204 valence electrons. The van der Waals surface area contributed by atoms with Gasteiger partial charge in [-0.1, -0.05) is 13.0 Å². The minimum atomic E-state index is -2.30. The van der Waals surface area contributed by atoms with Gasteiger partial charge >= 0.3 is 11.9 Å². The van der Waals surface area contributed by atoms with E-state index in [1.807, 2.05) is 0 Å². The van der Waals surface area contributed by atoms with Crippen molar-refractivity contribution in [2.45, 2.75) is 86.9 Å². The molecule has 8 rings (SSSR count). The zero-order valence-electron chi connectivity index (χ0n) is 21.0. The summed E-state index contributed by atoms with van der Waals surface area (Å²) in [5.41, 5.74) is -8.35. The largest absolute Gasteiger partial charge is 0.458 e. The van der Waals surface area contributed by atoms with Crippen molar-refractivity contribution in [1.29, 1.82) is 0 Å². The molecule has 7 fully saturated rings. The number of ketones is 2. The summed E-state index contributed by atoms with van der Waals surface area (Å²) in [5, 5.41) is 35.6. The second-order valence-electron chi connectivity index (χ2n) is 13.2. The van der Waals surface area contributed by atoms with E-state index < -0.39 is 93.1 Å². The molecule has 3 aliphatic carbocycles. The molecule has 5 saturated heterocycles. The second kappa shape index (κ2) is 6.41. The highest BCUT2D eigenvalue weighted by Crippen LogP contribution is 2.73. The number of ether oxygens (including phenoxy) is 4. The third-order valence-corrected chi connectivity index (χ3v) is 12.0. The molecule has 5 unspecified atom stereocenters. The standard InChI is InChI=1S/C27H30O11/c1-22-9-14-19-26-17(22)18(30)27(38-26,35-10-12(22)20(31)36-14)16-11(5-7-25(26,34)21(32)37-19)23(2)15(29)4-3-6-24(23,33)8-13(16)28/h3-4,11-14,16-17,19,28,33-34H,5-10H2,1-2H3/t11?,12-,13+,14+,16?,17?,19?,22+,23-,24-,25?,26-,27+/m0/s1. The first kappa shape index (κ1) is 23.7. The number of aliphatic hydroxyl groups is 3. The van der Waals surface area contributed by atoms with Crippen molar-refractivity contribution in [1.82, 2.24) is 0 Å². The molecule has 2 saturated carbocycles. The monoisotopic (exact) mass is 530 g/mol. The number of rotatable bonds is 0. The Hall–Kier alpha value is -2.18. The van der Waals surface area contributed by atoms with E-state index in [0.29, 0.717) is 0 Å². The third kappa shape index (κ3) is 2.07. The van der Waals surface area contributed by atoms with Crippen LogP contribution in [0.1, 0.15) is 46.0 Å². The van der Waals surface area contributed by atoms with Gasteiger partial charge in [-0.15, -0.1) is 0 Å². The van der Waals surface area contributed by atoms with Gasteiger partial charge in [0.15, 0.2) is 28.9 Å². The summed E-state index contributed by atoms with van der Waals surface area (Å²) < 4.78 is 24.4. The molecule has 5 bridgehead atoms. The molecule has 11 heteroatoms. The van der Waals surface area contributed by atoms with Gasteiger partial charge in [-0.25, -0.2) is 4.79 Å². The van der Waals surface area contributed by atoms with E-state index in [9.17, 15) is 34.5 Å². The predicted molar refractivity (Wildman–Crippen MR) is 121 cm³/mol. The van der Waals surface area contributed by atoms with E-state index in [-0.39, 0.29) is 44.5 Å². The molecule has 0 aromatic rings. The van der Waals surface area contributed by atoms with Gasteiger partial charge in [0.05, 0.1) is 41.5 Å². The summed E-state index contributed by atoms with van der Waals surface area (Å²) in [4.78, 5) is 55.0. The summed E-state index contributed by atoms with van der Waals surface area (Å²) in [6, 6.07) is 0. The SMILES string of the molecule is C[C@@]12C[C@H]3OC(=O)[C@@H]1CO[C@@]14O[C@]5(C3OC(=O)C5(O)CCC3C1[C@H](O)C[C@@]1(O)CC=CC(=O)[C@]31C)C2C4=O. The van der Waals surface area contributed by atoms with Crippen LogP contribution < -0.4 is 0 Å². The van der Waals surface area contributed by atoms with Crippen LogP contribution in [0.25, 0.3) is 0 Å². The molecule has 38 heavy (non-hydrogen) atoms. The number of hydrogen-bond acceptors (Lipinski definition) is 11. The number of hydrogen-bond donors (Lipinski definition) is 3. The zero-order chi connectivity index (χ0) is 26.8. The highest BCUT2D eigenvalue weighted by atomic mass is 16.7. The highest BCUT2D eigenvalue weighted by Gasteiger charge is 2.90. The van der Waals surface area contributed by atoms with Gasteiger partial charge in [0.25, 0.3) is 0 Å². The molecule has 5 aliphatic heterocycles. The van der Waals surface area contributed by atoms with Crippen LogP contribution >= 0.6 is 0 Å². The lowest BCUT2D eigenvalue weighted by Crippen LogP contribution is -2.76. The van der Waals surface area contributed by atoms with Gasteiger partial charge in [0, 0.05) is 6.42 Å². The molecule has 13 atom stereocenters. The van der Waals surface area contributed by atoms with Crippen molar-refractivity contribution < 1.29 is 53.4 Å². The van der Waals surface area contributed by atoms with Crippen LogP contribution in [0.5, 0.6) is 0 Å². The Morgan fingerprint density at radius 2 is 1.82 bits per heavy atom. The summed E-state index contributed by atoms with van der Waals surface area (Å²) in [5.74, 6) is -8.70. The number of fused-ring (bicyclic) bond motifs is 5. The topological polar surface area (TPSA) is 166 Å². The van der Waals surface area contributed by atoms with Crippen LogP contribution in [0.15, 0.2) is 12.2 Å². The third-order valence-electron chi connectivity index (χ3n) is 12.0. The number of allylic oxidation sites excluding steroid dienone is 1.